The normalized spacial score (nSPS) is 22.8. The summed E-state index contributed by atoms with van der Waals surface area (Å²) in [7, 11) is 0. The molecule has 1 aliphatic carbocycles. The molecule has 0 amide bonds. The number of unbranched alkanes of at least 4 members (excludes halogenated alkanes) is 1. The second-order valence-electron chi connectivity index (χ2n) is 6.54. The van der Waals surface area contributed by atoms with E-state index < -0.39 is 0 Å². The summed E-state index contributed by atoms with van der Waals surface area (Å²) in [4.78, 5) is 12.7. The first-order valence-electron chi connectivity index (χ1n) is 8.23. The van der Waals surface area contributed by atoms with Gasteiger partial charge in [-0.3, -0.25) is 4.79 Å². The van der Waals surface area contributed by atoms with E-state index in [1.54, 1.807) is 0 Å². The second-order valence-corrected chi connectivity index (χ2v) is 6.54. The van der Waals surface area contributed by atoms with E-state index in [2.05, 4.69) is 32.9 Å². The van der Waals surface area contributed by atoms with Crippen LogP contribution in [0.5, 0.6) is 0 Å². The third kappa shape index (κ3) is 3.71. The van der Waals surface area contributed by atoms with Crippen LogP contribution in [0.3, 0.4) is 0 Å². The maximum absolute atomic E-state index is 12.7. The SMILES string of the molecule is CCCCC1CCC(C(=O)c2ccc(C)cc2C)CC1. The van der Waals surface area contributed by atoms with Gasteiger partial charge in [0.2, 0.25) is 0 Å². The first-order chi connectivity index (χ1) is 9.61. The lowest BCUT2D eigenvalue weighted by atomic mass is 9.76. The summed E-state index contributed by atoms with van der Waals surface area (Å²) in [6, 6.07) is 6.21. The van der Waals surface area contributed by atoms with Gasteiger partial charge in [0, 0.05) is 11.5 Å². The van der Waals surface area contributed by atoms with E-state index in [1.165, 1.54) is 37.7 Å². The van der Waals surface area contributed by atoms with E-state index in [1.807, 2.05) is 6.07 Å². The highest BCUT2D eigenvalue weighted by atomic mass is 16.1. The molecule has 1 fully saturated rings. The van der Waals surface area contributed by atoms with Crippen LogP contribution >= 0.6 is 0 Å². The van der Waals surface area contributed by atoms with Gasteiger partial charge in [-0.25, -0.2) is 0 Å². The third-order valence-corrected chi connectivity index (χ3v) is 4.83. The molecule has 0 radical (unpaired) electrons. The van der Waals surface area contributed by atoms with Gasteiger partial charge in [-0.2, -0.15) is 0 Å². The molecular weight excluding hydrogens is 244 g/mol. The Bertz CT molecular complexity index is 453. The third-order valence-electron chi connectivity index (χ3n) is 4.83. The minimum atomic E-state index is 0.272. The lowest BCUT2D eigenvalue weighted by Gasteiger charge is -2.28. The van der Waals surface area contributed by atoms with Crippen LogP contribution in [0.25, 0.3) is 0 Å². The zero-order chi connectivity index (χ0) is 14.5. The van der Waals surface area contributed by atoms with Gasteiger partial charge in [-0.05, 0) is 51.0 Å². The number of carbonyl (C=O) groups excluding carboxylic acids is 1. The molecule has 1 aromatic carbocycles. The van der Waals surface area contributed by atoms with Crippen molar-refractivity contribution in [3.05, 3.63) is 34.9 Å². The van der Waals surface area contributed by atoms with Crippen LogP contribution < -0.4 is 0 Å². The molecule has 0 spiro atoms. The van der Waals surface area contributed by atoms with E-state index in [9.17, 15) is 4.79 Å². The average molecular weight is 272 g/mol. The Kier molecular flexibility index (Phi) is 5.39. The largest absolute Gasteiger partial charge is 0.294 e. The minimum absolute atomic E-state index is 0.272. The molecule has 0 aliphatic heterocycles. The van der Waals surface area contributed by atoms with Gasteiger partial charge in [0.1, 0.15) is 0 Å². The summed E-state index contributed by atoms with van der Waals surface area (Å²) in [5.41, 5.74) is 3.33. The topological polar surface area (TPSA) is 17.1 Å². The lowest BCUT2D eigenvalue weighted by Crippen LogP contribution is -2.22. The summed E-state index contributed by atoms with van der Waals surface area (Å²) in [6.07, 6.45) is 8.70. The minimum Gasteiger partial charge on any atom is -0.294 e. The van der Waals surface area contributed by atoms with Crippen LogP contribution in [0.4, 0.5) is 0 Å². The Morgan fingerprint density at radius 1 is 1.15 bits per heavy atom. The number of carbonyl (C=O) groups is 1. The number of rotatable bonds is 5. The number of aryl methyl sites for hydroxylation is 2. The molecule has 0 saturated heterocycles. The second kappa shape index (κ2) is 7.06. The van der Waals surface area contributed by atoms with Crippen LogP contribution in [-0.4, -0.2) is 5.78 Å². The van der Waals surface area contributed by atoms with Crippen molar-refractivity contribution in [1.29, 1.82) is 0 Å². The Morgan fingerprint density at radius 3 is 2.45 bits per heavy atom. The van der Waals surface area contributed by atoms with E-state index in [-0.39, 0.29) is 5.92 Å². The van der Waals surface area contributed by atoms with Gasteiger partial charge in [0.15, 0.2) is 5.78 Å². The van der Waals surface area contributed by atoms with Crippen LogP contribution in [0, 0.1) is 25.7 Å². The first kappa shape index (κ1) is 15.3. The zero-order valence-electron chi connectivity index (χ0n) is 13.2. The molecular formula is C19H28O. The highest BCUT2D eigenvalue weighted by Crippen LogP contribution is 2.34. The van der Waals surface area contributed by atoms with E-state index in [0.29, 0.717) is 5.78 Å². The van der Waals surface area contributed by atoms with Crippen LogP contribution in [0.15, 0.2) is 18.2 Å². The number of hydrogen-bond acceptors (Lipinski definition) is 1. The molecule has 2 rings (SSSR count). The molecule has 0 bridgehead atoms. The summed E-state index contributed by atoms with van der Waals surface area (Å²) >= 11 is 0. The Morgan fingerprint density at radius 2 is 1.85 bits per heavy atom. The van der Waals surface area contributed by atoms with Crippen LogP contribution in [0.1, 0.15) is 73.4 Å². The highest BCUT2D eigenvalue weighted by molar-refractivity contribution is 5.99. The molecule has 0 N–H and O–H groups in total. The number of ketones is 1. The van der Waals surface area contributed by atoms with Gasteiger partial charge in [0.05, 0.1) is 0 Å². The average Bonchev–Trinajstić information content (AvgIpc) is 2.45. The van der Waals surface area contributed by atoms with Crippen molar-refractivity contribution in [2.75, 3.05) is 0 Å². The van der Waals surface area contributed by atoms with Crippen molar-refractivity contribution in [2.45, 2.75) is 65.7 Å². The van der Waals surface area contributed by atoms with Gasteiger partial charge >= 0.3 is 0 Å². The maximum atomic E-state index is 12.7. The molecule has 0 aromatic heterocycles. The molecule has 1 heteroatoms. The highest BCUT2D eigenvalue weighted by Gasteiger charge is 2.27. The predicted molar refractivity (Wildman–Crippen MR) is 85.2 cm³/mol. The van der Waals surface area contributed by atoms with E-state index in [0.717, 1.165) is 29.9 Å². The molecule has 1 aromatic rings. The van der Waals surface area contributed by atoms with Crippen molar-refractivity contribution in [1.82, 2.24) is 0 Å². The maximum Gasteiger partial charge on any atom is 0.166 e. The summed E-state index contributed by atoms with van der Waals surface area (Å²) in [6.45, 7) is 6.41. The van der Waals surface area contributed by atoms with Crippen molar-refractivity contribution in [3.8, 4) is 0 Å². The van der Waals surface area contributed by atoms with Gasteiger partial charge in [-0.1, -0.05) is 49.9 Å². The fraction of sp³-hybridized carbons (Fsp3) is 0.632. The first-order valence-corrected chi connectivity index (χ1v) is 8.23. The molecule has 110 valence electrons. The van der Waals surface area contributed by atoms with Crippen molar-refractivity contribution < 1.29 is 4.79 Å². The van der Waals surface area contributed by atoms with Gasteiger partial charge < -0.3 is 0 Å². The monoisotopic (exact) mass is 272 g/mol. The molecule has 0 atom stereocenters. The molecule has 0 unspecified atom stereocenters. The summed E-state index contributed by atoms with van der Waals surface area (Å²) in [5, 5.41) is 0. The van der Waals surface area contributed by atoms with Crippen LogP contribution in [-0.2, 0) is 0 Å². The Labute approximate surface area is 123 Å². The number of hydrogen-bond donors (Lipinski definition) is 0. The molecule has 1 aliphatic rings. The predicted octanol–water partition coefficient (Wildman–Crippen LogP) is 5.48. The van der Waals surface area contributed by atoms with Crippen molar-refractivity contribution >= 4 is 5.78 Å². The quantitative estimate of drug-likeness (QED) is 0.648. The standard InChI is InChI=1S/C19H28O/c1-4-5-6-16-8-10-17(11-9-16)19(20)18-12-7-14(2)13-15(18)3/h7,12-13,16-17H,4-6,8-11H2,1-3H3. The fourth-order valence-corrected chi connectivity index (χ4v) is 3.52. The molecule has 1 nitrogen and oxygen atoms in total. The molecule has 1 saturated carbocycles. The number of Topliss-reactive ketones (excluding diaryl/α,β-unsaturated/α-hetero) is 1. The van der Waals surface area contributed by atoms with E-state index >= 15 is 0 Å². The molecule has 0 heterocycles. The van der Waals surface area contributed by atoms with Gasteiger partial charge in [0.25, 0.3) is 0 Å². The van der Waals surface area contributed by atoms with Crippen molar-refractivity contribution in [2.24, 2.45) is 11.8 Å². The molecule has 20 heavy (non-hydrogen) atoms. The van der Waals surface area contributed by atoms with Crippen LogP contribution in [0.2, 0.25) is 0 Å². The fourth-order valence-electron chi connectivity index (χ4n) is 3.52. The summed E-state index contributed by atoms with van der Waals surface area (Å²) < 4.78 is 0. The van der Waals surface area contributed by atoms with Crippen molar-refractivity contribution in [3.63, 3.8) is 0 Å². The van der Waals surface area contributed by atoms with E-state index in [4.69, 9.17) is 0 Å². The Balaban J connectivity index is 1.94. The smallest absolute Gasteiger partial charge is 0.166 e. The van der Waals surface area contributed by atoms with Gasteiger partial charge in [-0.15, -0.1) is 0 Å². The Hall–Kier alpha value is -1.11. The number of benzene rings is 1. The lowest BCUT2D eigenvalue weighted by molar-refractivity contribution is 0.0869. The summed E-state index contributed by atoms with van der Waals surface area (Å²) in [5.74, 6) is 1.53. The zero-order valence-corrected chi connectivity index (χ0v) is 13.2.